The Labute approximate surface area is 97.3 Å². The summed E-state index contributed by atoms with van der Waals surface area (Å²) in [5, 5.41) is 0.489. The lowest BCUT2D eigenvalue weighted by atomic mass is 10.3. The fraction of sp³-hybridized carbons (Fsp3) is 0.300. The third kappa shape index (κ3) is 2.33. The second kappa shape index (κ2) is 4.24. The first-order valence-electron chi connectivity index (χ1n) is 4.66. The van der Waals surface area contributed by atoms with E-state index in [1.54, 1.807) is 6.07 Å². The summed E-state index contributed by atoms with van der Waals surface area (Å²) in [7, 11) is 0. The molecule has 3 nitrogen and oxygen atoms in total. The summed E-state index contributed by atoms with van der Waals surface area (Å²) in [6.07, 6.45) is 0.854. The van der Waals surface area contributed by atoms with E-state index in [0.29, 0.717) is 11.0 Å². The Kier molecular flexibility index (Phi) is 2.98. The molecule has 0 radical (unpaired) electrons. The molecule has 0 aliphatic rings. The van der Waals surface area contributed by atoms with Gasteiger partial charge in [0.1, 0.15) is 5.15 Å². The molecular weight excluding hydrogens is 230 g/mol. The zero-order valence-electron chi connectivity index (χ0n) is 8.49. The van der Waals surface area contributed by atoms with Crippen LogP contribution in [0, 0.1) is 6.92 Å². The Morgan fingerprint density at radius 2 is 2.13 bits per heavy atom. The van der Waals surface area contributed by atoms with Crippen LogP contribution in [0.25, 0.3) is 10.7 Å². The SMILES string of the molecule is CCc1cc(Cl)nc(-c2cc(C)ns2)n1. The van der Waals surface area contributed by atoms with Crippen LogP contribution in [0.4, 0.5) is 0 Å². The van der Waals surface area contributed by atoms with Gasteiger partial charge in [0.05, 0.1) is 10.6 Å². The molecular formula is C10H10ClN3S. The smallest absolute Gasteiger partial charge is 0.172 e. The summed E-state index contributed by atoms with van der Waals surface area (Å²) >= 11 is 7.32. The molecule has 0 bridgehead atoms. The summed E-state index contributed by atoms with van der Waals surface area (Å²) in [6.45, 7) is 3.99. The van der Waals surface area contributed by atoms with Crippen molar-refractivity contribution < 1.29 is 0 Å². The Hall–Kier alpha value is -1.00. The summed E-state index contributed by atoms with van der Waals surface area (Å²) < 4.78 is 4.20. The highest BCUT2D eigenvalue weighted by Crippen LogP contribution is 2.22. The first kappa shape index (κ1) is 10.5. The van der Waals surface area contributed by atoms with Gasteiger partial charge in [-0.05, 0) is 37.0 Å². The lowest BCUT2D eigenvalue weighted by molar-refractivity contribution is 1.01. The highest BCUT2D eigenvalue weighted by atomic mass is 35.5. The molecule has 0 amide bonds. The largest absolute Gasteiger partial charge is 0.232 e. The minimum absolute atomic E-state index is 0.489. The van der Waals surface area contributed by atoms with E-state index >= 15 is 0 Å². The molecule has 0 aliphatic heterocycles. The Bertz CT molecular complexity index is 481. The van der Waals surface area contributed by atoms with Crippen molar-refractivity contribution >= 4 is 23.1 Å². The second-order valence-corrected chi connectivity index (χ2v) is 4.38. The van der Waals surface area contributed by atoms with Crippen molar-refractivity contribution in [3.63, 3.8) is 0 Å². The molecule has 2 rings (SSSR count). The number of nitrogens with zero attached hydrogens (tertiary/aromatic N) is 3. The van der Waals surface area contributed by atoms with Crippen molar-refractivity contribution in [2.45, 2.75) is 20.3 Å². The number of halogens is 1. The fourth-order valence-corrected chi connectivity index (χ4v) is 2.12. The van der Waals surface area contributed by atoms with Gasteiger partial charge in [-0.3, -0.25) is 0 Å². The third-order valence-corrected chi connectivity index (χ3v) is 3.03. The first-order chi connectivity index (χ1) is 7.19. The van der Waals surface area contributed by atoms with Gasteiger partial charge < -0.3 is 0 Å². The molecule has 0 aromatic carbocycles. The maximum Gasteiger partial charge on any atom is 0.172 e. The zero-order chi connectivity index (χ0) is 10.8. The standard InChI is InChI=1S/C10H10ClN3S/c1-3-7-5-9(11)13-10(12-7)8-4-6(2)14-15-8/h4-5H,3H2,1-2H3. The van der Waals surface area contributed by atoms with Crippen molar-refractivity contribution in [1.29, 1.82) is 0 Å². The average molecular weight is 240 g/mol. The summed E-state index contributed by atoms with van der Waals surface area (Å²) in [5.41, 5.74) is 1.94. The number of rotatable bonds is 2. The van der Waals surface area contributed by atoms with Crippen LogP contribution in [0.2, 0.25) is 5.15 Å². The lowest BCUT2D eigenvalue weighted by Gasteiger charge is -2.00. The normalized spacial score (nSPS) is 10.6. The molecule has 0 N–H and O–H groups in total. The van der Waals surface area contributed by atoms with Gasteiger partial charge in [0.2, 0.25) is 0 Å². The lowest BCUT2D eigenvalue weighted by Crippen LogP contribution is -1.93. The predicted octanol–water partition coefficient (Wildman–Crippen LogP) is 3.12. The molecule has 2 aromatic heterocycles. The van der Waals surface area contributed by atoms with Crippen LogP contribution < -0.4 is 0 Å². The van der Waals surface area contributed by atoms with E-state index in [-0.39, 0.29) is 0 Å². The molecule has 0 aliphatic carbocycles. The maximum atomic E-state index is 5.92. The number of aryl methyl sites for hydroxylation is 2. The highest BCUT2D eigenvalue weighted by Gasteiger charge is 2.07. The van der Waals surface area contributed by atoms with Gasteiger partial charge >= 0.3 is 0 Å². The van der Waals surface area contributed by atoms with E-state index in [4.69, 9.17) is 11.6 Å². The Balaban J connectivity index is 2.48. The van der Waals surface area contributed by atoms with E-state index in [9.17, 15) is 0 Å². The molecule has 0 spiro atoms. The quantitative estimate of drug-likeness (QED) is 0.756. The maximum absolute atomic E-state index is 5.92. The van der Waals surface area contributed by atoms with Crippen molar-refractivity contribution in [3.05, 3.63) is 28.7 Å². The van der Waals surface area contributed by atoms with E-state index in [0.717, 1.165) is 22.7 Å². The first-order valence-corrected chi connectivity index (χ1v) is 5.81. The van der Waals surface area contributed by atoms with E-state index in [2.05, 4.69) is 14.3 Å². The van der Waals surface area contributed by atoms with Crippen molar-refractivity contribution in [1.82, 2.24) is 14.3 Å². The highest BCUT2D eigenvalue weighted by molar-refractivity contribution is 7.09. The van der Waals surface area contributed by atoms with Gasteiger partial charge in [0, 0.05) is 5.69 Å². The number of hydrogen-bond donors (Lipinski definition) is 0. The topological polar surface area (TPSA) is 38.7 Å². The van der Waals surface area contributed by atoms with Gasteiger partial charge in [0.15, 0.2) is 5.82 Å². The molecule has 0 saturated heterocycles. The van der Waals surface area contributed by atoms with Crippen LogP contribution >= 0.6 is 23.1 Å². The second-order valence-electron chi connectivity index (χ2n) is 3.19. The van der Waals surface area contributed by atoms with E-state index in [1.165, 1.54) is 11.5 Å². The molecule has 15 heavy (non-hydrogen) atoms. The van der Waals surface area contributed by atoms with Crippen LogP contribution in [-0.4, -0.2) is 14.3 Å². The number of hydrogen-bond acceptors (Lipinski definition) is 4. The van der Waals surface area contributed by atoms with Crippen LogP contribution in [0.3, 0.4) is 0 Å². The zero-order valence-corrected chi connectivity index (χ0v) is 10.1. The van der Waals surface area contributed by atoms with Crippen LogP contribution in [0.5, 0.6) is 0 Å². The molecule has 5 heteroatoms. The van der Waals surface area contributed by atoms with Gasteiger partial charge in [-0.25, -0.2) is 9.97 Å². The van der Waals surface area contributed by atoms with Gasteiger partial charge in [-0.15, -0.1) is 0 Å². The van der Waals surface area contributed by atoms with E-state index < -0.39 is 0 Å². The van der Waals surface area contributed by atoms with Crippen LogP contribution in [0.15, 0.2) is 12.1 Å². The molecule has 78 valence electrons. The molecule has 0 fully saturated rings. The molecule has 2 aromatic rings. The van der Waals surface area contributed by atoms with Crippen molar-refractivity contribution in [2.75, 3.05) is 0 Å². The van der Waals surface area contributed by atoms with Gasteiger partial charge in [-0.2, -0.15) is 4.37 Å². The van der Waals surface area contributed by atoms with Crippen molar-refractivity contribution in [3.8, 4) is 10.7 Å². The Morgan fingerprint density at radius 1 is 1.33 bits per heavy atom. The minimum Gasteiger partial charge on any atom is -0.232 e. The van der Waals surface area contributed by atoms with Gasteiger partial charge in [-0.1, -0.05) is 18.5 Å². The predicted molar refractivity (Wildman–Crippen MR) is 62.3 cm³/mol. The summed E-state index contributed by atoms with van der Waals surface area (Å²) in [5.74, 6) is 0.671. The van der Waals surface area contributed by atoms with Gasteiger partial charge in [0.25, 0.3) is 0 Å². The Morgan fingerprint density at radius 3 is 2.73 bits per heavy atom. The molecule has 0 unspecified atom stereocenters. The minimum atomic E-state index is 0.489. The fourth-order valence-electron chi connectivity index (χ4n) is 1.22. The summed E-state index contributed by atoms with van der Waals surface area (Å²) in [4.78, 5) is 9.56. The van der Waals surface area contributed by atoms with Crippen LogP contribution in [-0.2, 0) is 6.42 Å². The molecule has 2 heterocycles. The molecule has 0 saturated carbocycles. The average Bonchev–Trinajstić information content (AvgIpc) is 2.64. The summed E-state index contributed by atoms with van der Waals surface area (Å²) in [6, 6.07) is 3.76. The monoisotopic (exact) mass is 239 g/mol. The third-order valence-electron chi connectivity index (χ3n) is 1.96. The van der Waals surface area contributed by atoms with Crippen molar-refractivity contribution in [2.24, 2.45) is 0 Å². The van der Waals surface area contributed by atoms with Crippen LogP contribution in [0.1, 0.15) is 18.3 Å². The molecule has 0 atom stereocenters. The van der Waals surface area contributed by atoms with E-state index in [1.807, 2.05) is 19.9 Å². The number of aromatic nitrogens is 3.